The van der Waals surface area contributed by atoms with E-state index in [0.717, 1.165) is 0 Å². The van der Waals surface area contributed by atoms with Gasteiger partial charge in [-0.3, -0.25) is 0 Å². The van der Waals surface area contributed by atoms with Crippen LogP contribution in [0.3, 0.4) is 0 Å². The predicted octanol–water partition coefficient (Wildman–Crippen LogP) is 4.83. The van der Waals surface area contributed by atoms with Gasteiger partial charge in [-0.15, -0.1) is 0 Å². The van der Waals surface area contributed by atoms with Gasteiger partial charge in [0.1, 0.15) is 0 Å². The van der Waals surface area contributed by atoms with Gasteiger partial charge in [-0.25, -0.2) is 0 Å². The minimum Gasteiger partial charge on any atom is -0.365 e. The molecule has 1 aliphatic heterocycles. The molecule has 1 saturated heterocycles. The smallest absolute Gasteiger partial charge is 0.290 e. The monoisotopic (exact) mass is 345 g/mol. The largest absolute Gasteiger partial charge is 0.365 e. The van der Waals surface area contributed by atoms with Crippen molar-refractivity contribution in [2.75, 3.05) is 19.6 Å². The maximum absolute atomic E-state index is 2.58. The van der Waals surface area contributed by atoms with Crippen molar-refractivity contribution in [1.82, 2.24) is 14.2 Å². The van der Waals surface area contributed by atoms with Crippen molar-refractivity contribution in [2.45, 2.75) is 105 Å². The Kier molecular flexibility index (Phi) is 14.0. The lowest BCUT2D eigenvalue weighted by Gasteiger charge is -2.44. The fourth-order valence-corrected chi connectivity index (χ4v) is 3.56. The Labute approximate surface area is 161 Å². The zero-order chi connectivity index (χ0) is 18.3. The van der Waals surface area contributed by atoms with Crippen molar-refractivity contribution >= 4 is 22.1 Å². The maximum atomic E-state index is 2.58. The third-order valence-corrected chi connectivity index (χ3v) is 5.36. The molecule has 1 fully saturated rings. The SMILES string of the molecule is CCCCCCN1[B]N(CCCCCC)B(C)N(CCCCCC)[B]1. The summed E-state index contributed by atoms with van der Waals surface area (Å²) >= 11 is 0. The van der Waals surface area contributed by atoms with Crippen molar-refractivity contribution < 1.29 is 0 Å². The number of unbranched alkanes of at least 4 members (excludes halogenated alkanes) is 9. The maximum Gasteiger partial charge on any atom is 0.290 e. The summed E-state index contributed by atoms with van der Waals surface area (Å²) in [6.45, 7) is 13.3. The molecule has 3 nitrogen and oxygen atoms in total. The van der Waals surface area contributed by atoms with Crippen LogP contribution in [0.25, 0.3) is 0 Å². The lowest BCUT2D eigenvalue weighted by molar-refractivity contribution is 0.432. The van der Waals surface area contributed by atoms with Crippen LogP contribution in [0, 0.1) is 0 Å². The molecule has 0 aromatic rings. The highest BCUT2D eigenvalue weighted by molar-refractivity contribution is 6.73. The quantitative estimate of drug-likeness (QED) is 0.311. The number of hydrogen-bond acceptors (Lipinski definition) is 3. The minimum atomic E-state index is 0.509. The molecule has 6 heteroatoms. The van der Waals surface area contributed by atoms with E-state index < -0.39 is 0 Å². The van der Waals surface area contributed by atoms with E-state index >= 15 is 0 Å². The highest BCUT2D eigenvalue weighted by atomic mass is 15.3. The Hall–Kier alpha value is 0.0748. The second kappa shape index (κ2) is 15.2. The van der Waals surface area contributed by atoms with Gasteiger partial charge >= 0.3 is 0 Å². The van der Waals surface area contributed by atoms with Crippen molar-refractivity contribution in [1.29, 1.82) is 0 Å². The second-order valence-corrected chi connectivity index (χ2v) is 7.76. The minimum absolute atomic E-state index is 0.509. The van der Waals surface area contributed by atoms with Crippen LogP contribution < -0.4 is 0 Å². The summed E-state index contributed by atoms with van der Waals surface area (Å²) in [5.41, 5.74) is 0. The summed E-state index contributed by atoms with van der Waals surface area (Å²) in [5.74, 6) is 0. The first-order valence-corrected chi connectivity index (χ1v) is 11.2. The van der Waals surface area contributed by atoms with E-state index in [1.54, 1.807) is 0 Å². The van der Waals surface area contributed by atoms with Crippen molar-refractivity contribution in [3.8, 4) is 0 Å². The van der Waals surface area contributed by atoms with Crippen LogP contribution in [0.15, 0.2) is 0 Å². The van der Waals surface area contributed by atoms with Gasteiger partial charge in [0.15, 0.2) is 0 Å². The molecule has 0 atom stereocenters. The average molecular weight is 345 g/mol. The number of nitrogens with zero attached hydrogens (tertiary/aromatic N) is 3. The van der Waals surface area contributed by atoms with E-state index in [9.17, 15) is 0 Å². The van der Waals surface area contributed by atoms with Gasteiger partial charge in [0.25, 0.3) is 22.1 Å². The van der Waals surface area contributed by atoms with Crippen LogP contribution in [-0.2, 0) is 0 Å². The summed E-state index contributed by atoms with van der Waals surface area (Å²) in [6.07, 6.45) is 16.1. The Morgan fingerprint density at radius 3 is 1.36 bits per heavy atom. The average Bonchev–Trinajstić information content (AvgIpc) is 2.62. The molecule has 1 aliphatic rings. The Bertz CT molecular complexity index is 286. The summed E-state index contributed by atoms with van der Waals surface area (Å²) in [6, 6.07) is 0. The molecule has 2 radical (unpaired) electrons. The topological polar surface area (TPSA) is 9.72 Å². The molecule has 0 N–H and O–H groups in total. The molecule has 1 rings (SSSR count). The van der Waals surface area contributed by atoms with E-state index in [0.29, 0.717) is 6.98 Å². The van der Waals surface area contributed by atoms with E-state index in [1.165, 1.54) is 96.7 Å². The third-order valence-electron chi connectivity index (χ3n) is 5.36. The molecule has 0 saturated carbocycles. The second-order valence-electron chi connectivity index (χ2n) is 7.76. The molecule has 0 unspecified atom stereocenters. The summed E-state index contributed by atoms with van der Waals surface area (Å²) in [4.78, 5) is 0. The molecule has 0 bridgehead atoms. The third kappa shape index (κ3) is 10.1. The first-order valence-electron chi connectivity index (χ1n) is 11.2. The van der Waals surface area contributed by atoms with Gasteiger partial charge in [0.2, 0.25) is 0 Å². The highest BCUT2D eigenvalue weighted by Gasteiger charge is 2.34. The first-order chi connectivity index (χ1) is 12.2. The van der Waals surface area contributed by atoms with Crippen molar-refractivity contribution in [3.63, 3.8) is 0 Å². The molecule has 25 heavy (non-hydrogen) atoms. The van der Waals surface area contributed by atoms with Gasteiger partial charge < -0.3 is 14.2 Å². The van der Waals surface area contributed by atoms with Crippen LogP contribution in [0.4, 0.5) is 0 Å². The van der Waals surface area contributed by atoms with Crippen LogP contribution in [-0.4, -0.2) is 55.9 Å². The summed E-state index contributed by atoms with van der Waals surface area (Å²) in [5, 5.41) is 0. The van der Waals surface area contributed by atoms with Crippen LogP contribution in [0.5, 0.6) is 0 Å². The molecule has 0 spiro atoms. The lowest BCUT2D eigenvalue weighted by atomic mass is 9.59. The van der Waals surface area contributed by atoms with E-state index in [2.05, 4.69) is 56.9 Å². The zero-order valence-corrected chi connectivity index (χ0v) is 17.7. The van der Waals surface area contributed by atoms with E-state index in [-0.39, 0.29) is 0 Å². The Balaban J connectivity index is 2.45. The normalized spacial score (nSPS) is 16.9. The van der Waals surface area contributed by atoms with Crippen LogP contribution >= 0.6 is 0 Å². The molecule has 1 heterocycles. The summed E-state index contributed by atoms with van der Waals surface area (Å²) in [7, 11) is 4.79. The molecule has 0 aliphatic carbocycles. The van der Waals surface area contributed by atoms with Crippen molar-refractivity contribution in [3.05, 3.63) is 0 Å². The molecule has 0 aromatic heterocycles. The molecule has 0 amide bonds. The fraction of sp³-hybridized carbons (Fsp3) is 1.00. The van der Waals surface area contributed by atoms with Gasteiger partial charge in [-0.1, -0.05) is 85.4 Å². The van der Waals surface area contributed by atoms with Gasteiger partial charge in [0, 0.05) is 0 Å². The van der Waals surface area contributed by atoms with Crippen LogP contribution in [0.1, 0.15) is 97.8 Å². The molecular formula is C19H42B3N3. The van der Waals surface area contributed by atoms with Gasteiger partial charge in [-0.05, 0) is 38.9 Å². The number of rotatable bonds is 15. The van der Waals surface area contributed by atoms with Gasteiger partial charge in [-0.2, -0.15) is 0 Å². The van der Waals surface area contributed by atoms with Crippen molar-refractivity contribution in [2.24, 2.45) is 0 Å². The molecule has 142 valence electrons. The molecule has 0 aromatic carbocycles. The highest BCUT2D eigenvalue weighted by Crippen LogP contribution is 2.14. The van der Waals surface area contributed by atoms with E-state index in [4.69, 9.17) is 0 Å². The van der Waals surface area contributed by atoms with E-state index in [1.807, 2.05) is 0 Å². The lowest BCUT2D eigenvalue weighted by Crippen LogP contribution is -2.66. The standard InChI is InChI=1S/C19H42B3N3/c1-5-8-11-14-17-23-20-24(18-15-12-9-6-2)22(4)25(21-23)19-16-13-10-7-3/h5-19H2,1-4H3. The fourth-order valence-electron chi connectivity index (χ4n) is 3.56. The number of hydrogen-bond donors (Lipinski definition) is 0. The zero-order valence-electron chi connectivity index (χ0n) is 17.7. The Morgan fingerprint density at radius 1 is 0.560 bits per heavy atom. The van der Waals surface area contributed by atoms with Crippen LogP contribution in [0.2, 0.25) is 6.82 Å². The van der Waals surface area contributed by atoms with Gasteiger partial charge in [0.05, 0.1) is 0 Å². The molecular weight excluding hydrogens is 303 g/mol. The Morgan fingerprint density at radius 2 is 0.960 bits per heavy atom. The summed E-state index contributed by atoms with van der Waals surface area (Å²) < 4.78 is 7.61. The first kappa shape index (κ1) is 23.1. The predicted molar refractivity (Wildman–Crippen MR) is 116 cm³/mol.